The van der Waals surface area contributed by atoms with Gasteiger partial charge in [0.1, 0.15) is 5.69 Å². The SMILES string of the molecule is CCC[C@@H](C(=O)OCC)C(C)=NNc1ccccc1[N+](=O)[O-]. The van der Waals surface area contributed by atoms with Crippen LogP contribution in [0.2, 0.25) is 0 Å². The molecule has 7 nitrogen and oxygen atoms in total. The van der Waals surface area contributed by atoms with Crippen LogP contribution in [0.5, 0.6) is 0 Å². The van der Waals surface area contributed by atoms with Crippen molar-refractivity contribution < 1.29 is 14.5 Å². The first-order valence-corrected chi connectivity index (χ1v) is 7.21. The first-order chi connectivity index (χ1) is 10.5. The average Bonchev–Trinajstić information content (AvgIpc) is 2.50. The van der Waals surface area contributed by atoms with Crippen LogP contribution in [0.15, 0.2) is 29.4 Å². The van der Waals surface area contributed by atoms with Gasteiger partial charge in [0, 0.05) is 11.8 Å². The minimum Gasteiger partial charge on any atom is -0.465 e. The zero-order valence-electron chi connectivity index (χ0n) is 13.0. The molecule has 1 aromatic carbocycles. The molecule has 0 saturated carbocycles. The quantitative estimate of drug-likeness (QED) is 0.344. The number of carbonyl (C=O) groups is 1. The van der Waals surface area contributed by atoms with Gasteiger partial charge in [0.15, 0.2) is 0 Å². The molecule has 0 aliphatic rings. The molecule has 22 heavy (non-hydrogen) atoms. The molecule has 120 valence electrons. The summed E-state index contributed by atoms with van der Waals surface area (Å²) in [5.74, 6) is -0.768. The summed E-state index contributed by atoms with van der Waals surface area (Å²) in [6.07, 6.45) is 1.43. The fraction of sp³-hybridized carbons (Fsp3) is 0.467. The smallest absolute Gasteiger partial charge is 0.314 e. The summed E-state index contributed by atoms with van der Waals surface area (Å²) >= 11 is 0. The lowest BCUT2D eigenvalue weighted by atomic mass is 9.99. The Hall–Kier alpha value is -2.44. The Kier molecular flexibility index (Phi) is 7.01. The normalized spacial score (nSPS) is 12.6. The van der Waals surface area contributed by atoms with Crippen LogP contribution in [0, 0.1) is 16.0 Å². The third-order valence-electron chi connectivity index (χ3n) is 3.11. The minimum atomic E-state index is -0.484. The largest absolute Gasteiger partial charge is 0.465 e. The fourth-order valence-electron chi connectivity index (χ4n) is 1.98. The standard InChI is InChI=1S/C15H21N3O4/c1-4-8-12(15(19)22-5-2)11(3)16-17-13-9-6-7-10-14(13)18(20)21/h6-7,9-10,12,17H,4-5,8H2,1-3H3/t12-/m1/s1. The van der Waals surface area contributed by atoms with E-state index in [4.69, 9.17) is 4.74 Å². The van der Waals surface area contributed by atoms with Gasteiger partial charge in [-0.1, -0.05) is 25.5 Å². The lowest BCUT2D eigenvalue weighted by Crippen LogP contribution is -2.25. The number of rotatable bonds is 8. The van der Waals surface area contributed by atoms with Crippen molar-refractivity contribution in [2.24, 2.45) is 11.0 Å². The third kappa shape index (κ3) is 4.83. The Morgan fingerprint density at radius 3 is 2.68 bits per heavy atom. The molecule has 0 bridgehead atoms. The molecule has 0 radical (unpaired) electrons. The molecule has 1 aromatic rings. The second kappa shape index (κ2) is 8.76. The van der Waals surface area contributed by atoms with Crippen molar-refractivity contribution in [1.82, 2.24) is 0 Å². The number of ether oxygens (including phenoxy) is 1. The van der Waals surface area contributed by atoms with Crippen LogP contribution < -0.4 is 5.43 Å². The van der Waals surface area contributed by atoms with Crippen molar-refractivity contribution in [3.63, 3.8) is 0 Å². The summed E-state index contributed by atoms with van der Waals surface area (Å²) in [5, 5.41) is 15.1. The highest BCUT2D eigenvalue weighted by atomic mass is 16.6. The number of esters is 1. The number of hydrogen-bond acceptors (Lipinski definition) is 6. The predicted molar refractivity (Wildman–Crippen MR) is 84.9 cm³/mol. The molecule has 1 rings (SSSR count). The van der Waals surface area contributed by atoms with Crippen molar-refractivity contribution in [2.75, 3.05) is 12.0 Å². The van der Waals surface area contributed by atoms with Crippen LogP contribution in [0.25, 0.3) is 0 Å². The van der Waals surface area contributed by atoms with Gasteiger partial charge in [-0.3, -0.25) is 20.3 Å². The van der Waals surface area contributed by atoms with Gasteiger partial charge in [0.2, 0.25) is 0 Å². The molecule has 0 aromatic heterocycles. The number of carbonyl (C=O) groups excluding carboxylic acids is 1. The van der Waals surface area contributed by atoms with Gasteiger partial charge in [0.25, 0.3) is 5.69 Å². The summed E-state index contributed by atoms with van der Waals surface area (Å²) in [6, 6.07) is 6.21. The van der Waals surface area contributed by atoms with Gasteiger partial charge in [-0.05, 0) is 26.3 Å². The molecule has 0 unspecified atom stereocenters. The minimum absolute atomic E-state index is 0.0674. The second-order valence-electron chi connectivity index (χ2n) is 4.73. The van der Waals surface area contributed by atoms with Gasteiger partial charge >= 0.3 is 5.97 Å². The maximum absolute atomic E-state index is 11.9. The summed E-state index contributed by atoms with van der Waals surface area (Å²) in [6.45, 7) is 5.73. The van der Waals surface area contributed by atoms with E-state index in [-0.39, 0.29) is 17.3 Å². The maximum atomic E-state index is 11.9. The highest BCUT2D eigenvalue weighted by Crippen LogP contribution is 2.23. The summed E-state index contributed by atoms with van der Waals surface area (Å²) < 4.78 is 5.04. The highest BCUT2D eigenvalue weighted by Gasteiger charge is 2.22. The Morgan fingerprint density at radius 2 is 2.09 bits per heavy atom. The number of nitrogens with zero attached hydrogens (tertiary/aromatic N) is 2. The third-order valence-corrected chi connectivity index (χ3v) is 3.11. The molecule has 1 N–H and O–H groups in total. The van der Waals surface area contributed by atoms with Crippen LogP contribution >= 0.6 is 0 Å². The molecule has 0 spiro atoms. The van der Waals surface area contributed by atoms with Crippen LogP contribution in [-0.4, -0.2) is 23.2 Å². The zero-order chi connectivity index (χ0) is 16.5. The van der Waals surface area contributed by atoms with Gasteiger partial charge in [0.05, 0.1) is 17.4 Å². The topological polar surface area (TPSA) is 93.8 Å². The van der Waals surface area contributed by atoms with Crippen molar-refractivity contribution in [3.05, 3.63) is 34.4 Å². The average molecular weight is 307 g/mol. The van der Waals surface area contributed by atoms with Crippen LogP contribution in [0.3, 0.4) is 0 Å². The Labute approximate surface area is 129 Å². The molecule has 0 saturated heterocycles. The van der Waals surface area contributed by atoms with Gasteiger partial charge < -0.3 is 4.74 Å². The monoisotopic (exact) mass is 307 g/mol. The molecule has 0 aliphatic carbocycles. The number of hydrazone groups is 1. The summed E-state index contributed by atoms with van der Waals surface area (Å²) in [4.78, 5) is 22.4. The van der Waals surface area contributed by atoms with E-state index in [0.717, 1.165) is 6.42 Å². The number of para-hydroxylation sites is 2. The number of benzene rings is 1. The number of nitro groups is 1. The summed E-state index contributed by atoms with van der Waals surface area (Å²) in [5.41, 5.74) is 3.42. The van der Waals surface area contributed by atoms with E-state index in [1.807, 2.05) is 6.92 Å². The Bertz CT molecular complexity index is 557. The zero-order valence-corrected chi connectivity index (χ0v) is 13.0. The lowest BCUT2D eigenvalue weighted by Gasteiger charge is -2.14. The van der Waals surface area contributed by atoms with E-state index in [2.05, 4.69) is 10.5 Å². The number of nitro benzene ring substituents is 1. The number of hydrogen-bond donors (Lipinski definition) is 1. The molecular weight excluding hydrogens is 286 g/mol. The van der Waals surface area contributed by atoms with E-state index in [1.165, 1.54) is 6.07 Å². The highest BCUT2D eigenvalue weighted by molar-refractivity contribution is 6.01. The molecule has 0 heterocycles. The molecular formula is C15H21N3O4. The molecule has 0 aliphatic heterocycles. The van der Waals surface area contributed by atoms with E-state index in [9.17, 15) is 14.9 Å². The van der Waals surface area contributed by atoms with E-state index >= 15 is 0 Å². The Balaban J connectivity index is 2.91. The lowest BCUT2D eigenvalue weighted by molar-refractivity contribution is -0.384. The summed E-state index contributed by atoms with van der Waals surface area (Å²) in [7, 11) is 0. The first kappa shape index (κ1) is 17.6. The van der Waals surface area contributed by atoms with Gasteiger partial charge in [-0.15, -0.1) is 0 Å². The van der Waals surface area contributed by atoms with Gasteiger partial charge in [-0.2, -0.15) is 5.10 Å². The molecule has 0 fully saturated rings. The second-order valence-corrected chi connectivity index (χ2v) is 4.73. The van der Waals surface area contributed by atoms with Crippen LogP contribution in [0.1, 0.15) is 33.6 Å². The molecule has 7 heteroatoms. The van der Waals surface area contributed by atoms with Crippen molar-refractivity contribution >= 4 is 23.1 Å². The first-order valence-electron chi connectivity index (χ1n) is 7.21. The van der Waals surface area contributed by atoms with Crippen LogP contribution in [0.4, 0.5) is 11.4 Å². The number of nitrogens with one attached hydrogen (secondary N) is 1. The van der Waals surface area contributed by atoms with Crippen molar-refractivity contribution in [3.8, 4) is 0 Å². The number of anilines is 1. The van der Waals surface area contributed by atoms with E-state index in [0.29, 0.717) is 18.7 Å². The van der Waals surface area contributed by atoms with E-state index < -0.39 is 10.8 Å². The Morgan fingerprint density at radius 1 is 1.41 bits per heavy atom. The predicted octanol–water partition coefficient (Wildman–Crippen LogP) is 3.36. The van der Waals surface area contributed by atoms with E-state index in [1.54, 1.807) is 32.0 Å². The van der Waals surface area contributed by atoms with Crippen molar-refractivity contribution in [2.45, 2.75) is 33.6 Å². The molecule has 0 amide bonds. The fourth-order valence-corrected chi connectivity index (χ4v) is 1.98. The maximum Gasteiger partial charge on any atom is 0.314 e. The van der Waals surface area contributed by atoms with Crippen LogP contribution in [-0.2, 0) is 9.53 Å². The van der Waals surface area contributed by atoms with Gasteiger partial charge in [-0.25, -0.2) is 0 Å². The molecule has 1 atom stereocenters. The van der Waals surface area contributed by atoms with Crippen molar-refractivity contribution in [1.29, 1.82) is 0 Å².